The molecule has 0 bridgehead atoms. The highest BCUT2D eigenvalue weighted by Crippen LogP contribution is 2.39. The topological polar surface area (TPSA) is 110 Å². The van der Waals surface area contributed by atoms with Gasteiger partial charge in [-0.25, -0.2) is 0 Å². The van der Waals surface area contributed by atoms with E-state index in [1.165, 1.54) is 6.92 Å². The van der Waals surface area contributed by atoms with Crippen molar-refractivity contribution in [2.24, 2.45) is 0 Å². The van der Waals surface area contributed by atoms with Crippen LogP contribution in [0, 0.1) is 0 Å². The van der Waals surface area contributed by atoms with Gasteiger partial charge in [0.15, 0.2) is 6.29 Å². The Labute approximate surface area is 249 Å². The van der Waals surface area contributed by atoms with Gasteiger partial charge in [-0.2, -0.15) is 0 Å². The summed E-state index contributed by atoms with van der Waals surface area (Å²) in [5, 5.41) is 15.2. The normalized spacial score (nSPS) is 18.3. The van der Waals surface area contributed by atoms with Crippen LogP contribution < -0.4 is 10.6 Å². The van der Waals surface area contributed by atoms with E-state index in [-0.39, 0.29) is 30.6 Å². The number of aromatic nitrogens is 1. The van der Waals surface area contributed by atoms with Crippen LogP contribution in [0.1, 0.15) is 58.4 Å². The van der Waals surface area contributed by atoms with E-state index in [2.05, 4.69) is 15.6 Å². The van der Waals surface area contributed by atoms with Gasteiger partial charge in [0.2, 0.25) is 5.91 Å². The number of carbonyl (C=O) groups excluding carboxylic acids is 2. The lowest BCUT2D eigenvalue weighted by molar-refractivity contribution is -0.245. The van der Waals surface area contributed by atoms with Crippen molar-refractivity contribution in [3.63, 3.8) is 0 Å². The van der Waals surface area contributed by atoms with Crippen molar-refractivity contribution in [2.45, 2.75) is 49.9 Å². The third-order valence-electron chi connectivity index (χ3n) is 6.85. The van der Waals surface area contributed by atoms with Gasteiger partial charge in [0.1, 0.15) is 0 Å². The molecule has 1 aliphatic rings. The van der Waals surface area contributed by atoms with Crippen LogP contribution in [-0.2, 0) is 27.4 Å². The van der Waals surface area contributed by atoms with Gasteiger partial charge in [0.05, 0.1) is 24.4 Å². The molecular formula is C33H33N3O5S. The van der Waals surface area contributed by atoms with Gasteiger partial charge >= 0.3 is 0 Å². The Hall–Kier alpha value is -4.02. The summed E-state index contributed by atoms with van der Waals surface area (Å²) >= 11 is 1.69. The predicted octanol–water partition coefficient (Wildman–Crippen LogP) is 5.80. The Kier molecular flexibility index (Phi) is 9.99. The fourth-order valence-corrected chi connectivity index (χ4v) is 5.55. The maximum atomic E-state index is 12.4. The molecule has 1 saturated heterocycles. The molecule has 4 aromatic rings. The lowest BCUT2D eigenvalue weighted by Gasteiger charge is -2.36. The standard InChI is InChI=1S/C33H33N3O5S/c1-22(38)36-28-12-14-30(15-13-28)42-21-29-17-31(25-8-6-24(20-37)7-9-25)41-33(40-29)26-10-4-23(5-11-26)18-35-32(39)27-3-2-16-34-19-27/h2-16,19,29,31,33,37H,17-18,20-21H2,1H3,(H,35,39)(H,36,38)/t29-,31+,33+/m0/s1. The van der Waals surface area contributed by atoms with E-state index in [9.17, 15) is 14.7 Å². The summed E-state index contributed by atoms with van der Waals surface area (Å²) in [5.41, 5.74) is 5.01. The first kappa shape index (κ1) is 29.5. The fraction of sp³-hybridized carbons (Fsp3) is 0.242. The minimum Gasteiger partial charge on any atom is -0.392 e. The fourth-order valence-electron chi connectivity index (χ4n) is 4.62. The first-order valence-corrected chi connectivity index (χ1v) is 14.7. The number of amides is 2. The average molecular weight is 584 g/mol. The zero-order chi connectivity index (χ0) is 29.3. The number of ether oxygens (including phenoxy) is 2. The van der Waals surface area contributed by atoms with Crippen LogP contribution in [0.5, 0.6) is 0 Å². The van der Waals surface area contributed by atoms with Crippen LogP contribution in [0.3, 0.4) is 0 Å². The molecule has 8 nitrogen and oxygen atoms in total. The minimum absolute atomic E-state index is 0.00737. The maximum absolute atomic E-state index is 12.4. The Morgan fingerprint density at radius 1 is 0.929 bits per heavy atom. The van der Waals surface area contributed by atoms with E-state index in [1.54, 1.807) is 36.3 Å². The third-order valence-corrected chi connectivity index (χ3v) is 8.00. The van der Waals surface area contributed by atoms with Crippen molar-refractivity contribution < 1.29 is 24.2 Å². The number of hydrogen-bond donors (Lipinski definition) is 3. The molecule has 0 unspecified atom stereocenters. The number of benzene rings is 3. The Bertz CT molecular complexity index is 1460. The molecule has 216 valence electrons. The molecule has 0 radical (unpaired) electrons. The Balaban J connectivity index is 1.26. The second-order valence-corrected chi connectivity index (χ2v) is 11.1. The molecule has 3 aromatic carbocycles. The Morgan fingerprint density at radius 2 is 1.64 bits per heavy atom. The molecule has 1 fully saturated rings. The lowest BCUT2D eigenvalue weighted by atomic mass is 10.0. The number of aliphatic hydroxyl groups excluding tert-OH is 1. The van der Waals surface area contributed by atoms with Crippen molar-refractivity contribution in [1.29, 1.82) is 0 Å². The van der Waals surface area contributed by atoms with Gasteiger partial charge < -0.3 is 25.2 Å². The highest BCUT2D eigenvalue weighted by atomic mass is 32.2. The quantitative estimate of drug-likeness (QED) is 0.203. The van der Waals surface area contributed by atoms with Crippen LogP contribution in [0.2, 0.25) is 0 Å². The molecule has 0 aliphatic carbocycles. The van der Waals surface area contributed by atoms with Crippen LogP contribution >= 0.6 is 11.8 Å². The molecule has 9 heteroatoms. The minimum atomic E-state index is -0.562. The van der Waals surface area contributed by atoms with Crippen LogP contribution in [-0.4, -0.2) is 33.8 Å². The molecule has 0 spiro atoms. The van der Waals surface area contributed by atoms with Gasteiger partial charge in [-0.15, -0.1) is 11.8 Å². The van der Waals surface area contributed by atoms with E-state index in [4.69, 9.17) is 9.47 Å². The van der Waals surface area contributed by atoms with Crippen molar-refractivity contribution in [3.8, 4) is 0 Å². The first-order valence-electron chi connectivity index (χ1n) is 13.7. The molecule has 1 aromatic heterocycles. The number of nitrogens with zero attached hydrogens (tertiary/aromatic N) is 1. The zero-order valence-electron chi connectivity index (χ0n) is 23.2. The third kappa shape index (κ3) is 8.04. The van der Waals surface area contributed by atoms with Gasteiger partial charge in [-0.1, -0.05) is 48.5 Å². The predicted molar refractivity (Wildman–Crippen MR) is 162 cm³/mol. The van der Waals surface area contributed by atoms with Crippen molar-refractivity contribution >= 4 is 29.3 Å². The number of nitrogens with one attached hydrogen (secondary N) is 2. The van der Waals surface area contributed by atoms with Gasteiger partial charge in [-0.05, 0) is 53.1 Å². The number of aliphatic hydroxyl groups is 1. The summed E-state index contributed by atoms with van der Waals surface area (Å²) in [4.78, 5) is 28.8. The van der Waals surface area contributed by atoms with Crippen molar-refractivity contribution in [1.82, 2.24) is 10.3 Å². The summed E-state index contributed by atoms with van der Waals surface area (Å²) in [7, 11) is 0. The molecule has 3 atom stereocenters. The molecule has 1 aliphatic heterocycles. The second kappa shape index (κ2) is 14.2. The maximum Gasteiger partial charge on any atom is 0.253 e. The van der Waals surface area contributed by atoms with Gasteiger partial charge in [0.25, 0.3) is 5.91 Å². The summed E-state index contributed by atoms with van der Waals surface area (Å²) in [6.07, 6.45) is 3.04. The van der Waals surface area contributed by atoms with E-state index < -0.39 is 6.29 Å². The number of anilines is 1. The number of carbonyl (C=O) groups is 2. The zero-order valence-corrected chi connectivity index (χ0v) is 24.1. The smallest absolute Gasteiger partial charge is 0.253 e. The van der Waals surface area contributed by atoms with Gasteiger partial charge in [0, 0.05) is 54.2 Å². The first-order chi connectivity index (χ1) is 20.5. The highest BCUT2D eigenvalue weighted by Gasteiger charge is 2.32. The number of thioether (sulfide) groups is 1. The van der Waals surface area contributed by atoms with E-state index in [0.29, 0.717) is 18.5 Å². The monoisotopic (exact) mass is 583 g/mol. The van der Waals surface area contributed by atoms with Crippen molar-refractivity contribution in [2.75, 3.05) is 11.1 Å². The van der Waals surface area contributed by atoms with E-state index >= 15 is 0 Å². The summed E-state index contributed by atoms with van der Waals surface area (Å²) in [5.74, 6) is 0.451. The Morgan fingerprint density at radius 3 is 2.31 bits per heavy atom. The largest absolute Gasteiger partial charge is 0.392 e. The van der Waals surface area contributed by atoms with E-state index in [0.717, 1.165) is 38.6 Å². The molecule has 2 amide bonds. The summed E-state index contributed by atoms with van der Waals surface area (Å²) in [6, 6.07) is 26.9. The number of hydrogen-bond acceptors (Lipinski definition) is 7. The lowest BCUT2D eigenvalue weighted by Crippen LogP contribution is -2.31. The van der Waals surface area contributed by atoms with Crippen LogP contribution in [0.4, 0.5) is 5.69 Å². The molecular weight excluding hydrogens is 550 g/mol. The van der Waals surface area contributed by atoms with Gasteiger partial charge in [-0.3, -0.25) is 14.6 Å². The average Bonchev–Trinajstić information content (AvgIpc) is 3.03. The SMILES string of the molecule is CC(=O)Nc1ccc(SC[C@@H]2C[C@H](c3ccc(CO)cc3)O[C@H](c3ccc(CNC(=O)c4cccnc4)cc3)O2)cc1. The molecule has 0 saturated carbocycles. The molecule has 3 N–H and O–H groups in total. The van der Waals surface area contributed by atoms with Crippen molar-refractivity contribution in [3.05, 3.63) is 125 Å². The summed E-state index contributed by atoms with van der Waals surface area (Å²) in [6.45, 7) is 1.87. The molecule has 5 rings (SSSR count). The van der Waals surface area contributed by atoms with Crippen LogP contribution in [0.25, 0.3) is 0 Å². The molecule has 42 heavy (non-hydrogen) atoms. The van der Waals surface area contributed by atoms with E-state index in [1.807, 2.05) is 72.8 Å². The number of pyridine rings is 1. The summed E-state index contributed by atoms with van der Waals surface area (Å²) < 4.78 is 12.9. The number of rotatable bonds is 10. The van der Waals surface area contributed by atoms with Crippen LogP contribution in [0.15, 0.2) is 102 Å². The second-order valence-electron chi connectivity index (χ2n) is 10.0. The highest BCUT2D eigenvalue weighted by molar-refractivity contribution is 7.99. The molecule has 2 heterocycles.